The van der Waals surface area contributed by atoms with Crippen LogP contribution in [0.15, 0.2) is 29.6 Å². The Morgan fingerprint density at radius 3 is 2.37 bits per heavy atom. The maximum Gasteiger partial charge on any atom is 0.312 e. The van der Waals surface area contributed by atoms with E-state index in [-0.39, 0.29) is 11.6 Å². The van der Waals surface area contributed by atoms with Gasteiger partial charge in [0.15, 0.2) is 0 Å². The average molecular weight is 389 g/mol. The Labute approximate surface area is 161 Å². The third-order valence-electron chi connectivity index (χ3n) is 3.89. The zero-order valence-corrected chi connectivity index (χ0v) is 16.2. The lowest BCUT2D eigenvalue weighted by Crippen LogP contribution is -2.55. The fraction of sp³-hybridized carbons (Fsp3) is 0.333. The lowest BCUT2D eigenvalue weighted by Gasteiger charge is -2.20. The van der Waals surface area contributed by atoms with E-state index in [1.165, 1.54) is 16.9 Å². The molecular formula is C18H23N5O3S. The Hall–Kier alpha value is -2.94. The van der Waals surface area contributed by atoms with Crippen LogP contribution in [-0.2, 0) is 11.2 Å². The van der Waals surface area contributed by atoms with E-state index < -0.39 is 23.9 Å². The summed E-state index contributed by atoms with van der Waals surface area (Å²) in [6.45, 7) is 5.58. The van der Waals surface area contributed by atoms with Gasteiger partial charge >= 0.3 is 6.03 Å². The molecule has 1 heterocycles. The molecule has 1 aromatic heterocycles. The maximum atomic E-state index is 12.2. The van der Waals surface area contributed by atoms with Gasteiger partial charge in [-0.15, -0.1) is 11.3 Å². The van der Waals surface area contributed by atoms with Gasteiger partial charge in [-0.1, -0.05) is 45.0 Å². The SMILES string of the molecule is CCc1ccc(-c2nc(C(=O)NNC(=O)[C@@H](NC(N)=O)C(C)C)cs2)cc1. The molecule has 8 nitrogen and oxygen atoms in total. The van der Waals surface area contributed by atoms with E-state index in [4.69, 9.17) is 5.73 Å². The third kappa shape index (κ3) is 5.52. The van der Waals surface area contributed by atoms with Crippen molar-refractivity contribution in [3.63, 3.8) is 0 Å². The molecule has 0 saturated heterocycles. The third-order valence-corrected chi connectivity index (χ3v) is 4.78. The van der Waals surface area contributed by atoms with Crippen LogP contribution in [0.2, 0.25) is 0 Å². The summed E-state index contributed by atoms with van der Waals surface area (Å²) < 4.78 is 0. The minimum absolute atomic E-state index is 0.193. The summed E-state index contributed by atoms with van der Waals surface area (Å²) in [5.74, 6) is -1.31. The Kier molecular flexibility index (Phi) is 6.89. The van der Waals surface area contributed by atoms with Gasteiger partial charge in [0.1, 0.15) is 16.7 Å². The Morgan fingerprint density at radius 2 is 1.81 bits per heavy atom. The van der Waals surface area contributed by atoms with Crippen molar-refractivity contribution in [2.75, 3.05) is 0 Å². The highest BCUT2D eigenvalue weighted by Gasteiger charge is 2.24. The molecule has 0 aliphatic carbocycles. The molecular weight excluding hydrogens is 366 g/mol. The molecule has 2 rings (SSSR count). The van der Waals surface area contributed by atoms with Crippen LogP contribution in [-0.4, -0.2) is 28.9 Å². The van der Waals surface area contributed by atoms with Crippen molar-refractivity contribution in [3.05, 3.63) is 40.9 Å². The fourth-order valence-electron chi connectivity index (χ4n) is 2.34. The van der Waals surface area contributed by atoms with Crippen LogP contribution in [0.5, 0.6) is 0 Å². The van der Waals surface area contributed by atoms with Gasteiger partial charge in [0, 0.05) is 10.9 Å². The number of amides is 4. The van der Waals surface area contributed by atoms with Crippen LogP contribution in [0.3, 0.4) is 0 Å². The number of urea groups is 1. The lowest BCUT2D eigenvalue weighted by atomic mass is 10.0. The summed E-state index contributed by atoms with van der Waals surface area (Å²) in [7, 11) is 0. The van der Waals surface area contributed by atoms with Gasteiger partial charge in [-0.3, -0.25) is 20.4 Å². The number of primary amides is 1. The molecule has 0 radical (unpaired) electrons. The van der Waals surface area contributed by atoms with E-state index in [1.807, 2.05) is 24.3 Å². The van der Waals surface area contributed by atoms with Gasteiger partial charge in [0.05, 0.1) is 0 Å². The van der Waals surface area contributed by atoms with Crippen molar-refractivity contribution < 1.29 is 14.4 Å². The Morgan fingerprint density at radius 1 is 1.15 bits per heavy atom. The van der Waals surface area contributed by atoms with Crippen LogP contribution in [0.1, 0.15) is 36.8 Å². The van der Waals surface area contributed by atoms with Gasteiger partial charge in [-0.25, -0.2) is 9.78 Å². The molecule has 144 valence electrons. The first-order valence-electron chi connectivity index (χ1n) is 8.52. The summed E-state index contributed by atoms with van der Waals surface area (Å²) in [4.78, 5) is 39.6. The van der Waals surface area contributed by atoms with E-state index in [0.717, 1.165) is 12.0 Å². The van der Waals surface area contributed by atoms with Crippen molar-refractivity contribution in [3.8, 4) is 10.6 Å². The molecule has 0 bridgehead atoms. The molecule has 5 N–H and O–H groups in total. The quantitative estimate of drug-likeness (QED) is 0.562. The number of aryl methyl sites for hydroxylation is 1. The second-order valence-corrected chi connectivity index (χ2v) is 7.12. The number of nitrogens with one attached hydrogen (secondary N) is 3. The van der Waals surface area contributed by atoms with Crippen LogP contribution >= 0.6 is 11.3 Å². The number of carbonyl (C=O) groups excluding carboxylic acids is 3. The molecule has 4 amide bonds. The molecule has 1 aromatic carbocycles. The Bertz CT molecular complexity index is 817. The van der Waals surface area contributed by atoms with Crippen molar-refractivity contribution >= 4 is 29.2 Å². The van der Waals surface area contributed by atoms with Crippen LogP contribution in [0.25, 0.3) is 10.6 Å². The summed E-state index contributed by atoms with van der Waals surface area (Å²) in [6, 6.07) is 6.30. The first kappa shape index (κ1) is 20.4. The zero-order chi connectivity index (χ0) is 20.0. The number of carbonyl (C=O) groups is 3. The van der Waals surface area contributed by atoms with Crippen molar-refractivity contribution in [2.45, 2.75) is 33.2 Å². The van der Waals surface area contributed by atoms with Gasteiger partial charge in [-0.2, -0.15) is 0 Å². The van der Waals surface area contributed by atoms with Gasteiger partial charge < -0.3 is 11.1 Å². The number of rotatable bonds is 6. The predicted molar refractivity (Wildman–Crippen MR) is 104 cm³/mol. The predicted octanol–water partition coefficient (Wildman–Crippen LogP) is 1.83. The molecule has 0 spiro atoms. The van der Waals surface area contributed by atoms with E-state index >= 15 is 0 Å². The molecule has 0 saturated carbocycles. The zero-order valence-electron chi connectivity index (χ0n) is 15.4. The highest BCUT2D eigenvalue weighted by Crippen LogP contribution is 2.24. The highest BCUT2D eigenvalue weighted by atomic mass is 32.1. The minimum Gasteiger partial charge on any atom is -0.352 e. The molecule has 0 aliphatic heterocycles. The number of aromatic nitrogens is 1. The van der Waals surface area contributed by atoms with Crippen molar-refractivity contribution in [1.82, 2.24) is 21.2 Å². The standard InChI is InChI=1S/C18H23N5O3S/c1-4-11-5-7-12(8-6-11)17-20-13(9-27-17)15(24)22-23-16(25)14(10(2)3)21-18(19)26/h5-10,14H,4H2,1-3H3,(H,22,24)(H,23,25)(H3,19,21,26)/t14-/m0/s1. The second-order valence-electron chi connectivity index (χ2n) is 6.26. The molecule has 9 heteroatoms. The average Bonchev–Trinajstić information content (AvgIpc) is 3.14. The van der Waals surface area contributed by atoms with Gasteiger partial charge in [-0.05, 0) is 17.9 Å². The molecule has 0 unspecified atom stereocenters. The fourth-order valence-corrected chi connectivity index (χ4v) is 3.15. The van der Waals surface area contributed by atoms with Crippen molar-refractivity contribution in [2.24, 2.45) is 11.7 Å². The number of nitrogens with two attached hydrogens (primary N) is 1. The summed E-state index contributed by atoms with van der Waals surface area (Å²) in [5.41, 5.74) is 12.0. The summed E-state index contributed by atoms with van der Waals surface area (Å²) in [5, 5.41) is 4.67. The van der Waals surface area contributed by atoms with Crippen molar-refractivity contribution in [1.29, 1.82) is 0 Å². The second kappa shape index (κ2) is 9.13. The molecule has 27 heavy (non-hydrogen) atoms. The Balaban J connectivity index is 1.99. The lowest BCUT2D eigenvalue weighted by molar-refractivity contribution is -0.124. The van der Waals surface area contributed by atoms with E-state index in [1.54, 1.807) is 19.2 Å². The first-order valence-corrected chi connectivity index (χ1v) is 9.40. The maximum absolute atomic E-state index is 12.2. The minimum atomic E-state index is -0.856. The summed E-state index contributed by atoms with van der Waals surface area (Å²) >= 11 is 1.34. The number of hydrogen-bond donors (Lipinski definition) is 4. The van der Waals surface area contributed by atoms with Crippen LogP contribution in [0, 0.1) is 5.92 Å². The van der Waals surface area contributed by atoms with Gasteiger partial charge in [0.25, 0.3) is 11.8 Å². The normalized spacial score (nSPS) is 11.7. The van der Waals surface area contributed by atoms with E-state index in [2.05, 4.69) is 28.1 Å². The van der Waals surface area contributed by atoms with Gasteiger partial charge in [0.2, 0.25) is 0 Å². The van der Waals surface area contributed by atoms with E-state index in [9.17, 15) is 14.4 Å². The summed E-state index contributed by atoms with van der Waals surface area (Å²) in [6.07, 6.45) is 0.952. The highest BCUT2D eigenvalue weighted by molar-refractivity contribution is 7.13. The number of thiazole rings is 1. The van der Waals surface area contributed by atoms with Crippen LogP contribution < -0.4 is 21.9 Å². The molecule has 0 aliphatic rings. The number of hydrogen-bond acceptors (Lipinski definition) is 5. The largest absolute Gasteiger partial charge is 0.352 e. The number of benzene rings is 1. The van der Waals surface area contributed by atoms with Crippen LogP contribution in [0.4, 0.5) is 4.79 Å². The monoisotopic (exact) mass is 389 g/mol. The first-order chi connectivity index (χ1) is 12.8. The smallest absolute Gasteiger partial charge is 0.312 e. The molecule has 0 fully saturated rings. The topological polar surface area (TPSA) is 126 Å². The molecule has 2 aromatic rings. The number of nitrogens with zero attached hydrogens (tertiary/aromatic N) is 1. The number of hydrazine groups is 1. The van der Waals surface area contributed by atoms with E-state index in [0.29, 0.717) is 5.01 Å². The molecule has 1 atom stereocenters.